The fraction of sp³-hybridized carbons (Fsp3) is 0.800. The molecule has 0 saturated heterocycles. The van der Waals surface area contributed by atoms with Crippen molar-refractivity contribution in [3.63, 3.8) is 0 Å². The molecule has 0 aliphatic carbocycles. The van der Waals surface area contributed by atoms with Crippen molar-refractivity contribution in [2.24, 2.45) is 5.73 Å². The Morgan fingerprint density at radius 3 is 2.18 bits per heavy atom. The zero-order valence-corrected chi connectivity index (χ0v) is 7.92. The average Bonchev–Trinajstić information content (AvgIpc) is 2.04. The van der Waals surface area contributed by atoms with Gasteiger partial charge in [0.2, 0.25) is 0 Å². The van der Waals surface area contributed by atoms with Crippen LogP contribution in [0.5, 0.6) is 0 Å². The molecule has 0 aromatic heterocycles. The first-order chi connectivity index (χ1) is 5.08. The Morgan fingerprint density at radius 1 is 1.45 bits per heavy atom. The largest absolute Gasteiger partial charge is 0.564 e. The molecule has 0 unspecified atom stereocenters. The van der Waals surface area contributed by atoms with Crippen LogP contribution in [0, 0.1) is 0 Å². The molecule has 66 valence electrons. The molecule has 0 rings (SSSR count). The first-order valence-electron chi connectivity index (χ1n) is 3.10. The van der Waals surface area contributed by atoms with Crippen molar-refractivity contribution < 1.29 is 18.1 Å². The summed E-state index contributed by atoms with van der Waals surface area (Å²) in [5.74, 6) is -0.511. The van der Waals surface area contributed by atoms with Gasteiger partial charge < -0.3 is 19.0 Å². The molecular formula is C5H13NO4Si. The zero-order valence-electron chi connectivity index (χ0n) is 6.92. The lowest BCUT2D eigenvalue weighted by Gasteiger charge is -2.20. The van der Waals surface area contributed by atoms with Crippen molar-refractivity contribution in [2.45, 2.75) is 6.55 Å². The van der Waals surface area contributed by atoms with E-state index in [1.54, 1.807) is 6.55 Å². The molecule has 0 aliphatic heterocycles. The van der Waals surface area contributed by atoms with Gasteiger partial charge in [-0.1, -0.05) is 0 Å². The molecule has 0 radical (unpaired) electrons. The van der Waals surface area contributed by atoms with Gasteiger partial charge in [0.15, 0.2) is 0 Å². The Balaban J connectivity index is 3.96. The van der Waals surface area contributed by atoms with Gasteiger partial charge in [0.1, 0.15) is 0 Å². The van der Waals surface area contributed by atoms with Crippen molar-refractivity contribution >= 4 is 14.8 Å². The smallest absolute Gasteiger partial charge is 0.472 e. The Bertz CT molecular complexity index is 136. The Hall–Kier alpha value is -0.433. The summed E-state index contributed by atoms with van der Waals surface area (Å²) < 4.78 is 14.6. The maximum atomic E-state index is 10.7. The minimum Gasteiger partial charge on any atom is -0.472 e. The lowest BCUT2D eigenvalue weighted by molar-refractivity contribution is -0.136. The van der Waals surface area contributed by atoms with Crippen LogP contribution in [0.15, 0.2) is 0 Å². The third-order valence-corrected chi connectivity index (χ3v) is 3.29. The molecule has 0 aromatic carbocycles. The molecule has 6 heteroatoms. The van der Waals surface area contributed by atoms with Gasteiger partial charge >= 0.3 is 14.8 Å². The summed E-state index contributed by atoms with van der Waals surface area (Å²) in [6.45, 7) is 1.45. The predicted molar refractivity (Wildman–Crippen MR) is 40.8 cm³/mol. The summed E-state index contributed by atoms with van der Waals surface area (Å²) in [5, 5.41) is 0. The molecule has 0 heterocycles. The minimum atomic E-state index is -2.71. The van der Waals surface area contributed by atoms with E-state index in [0.29, 0.717) is 0 Å². The van der Waals surface area contributed by atoms with Crippen molar-refractivity contribution in [3.05, 3.63) is 0 Å². The Kier molecular flexibility index (Phi) is 4.27. The van der Waals surface area contributed by atoms with Gasteiger partial charge in [0, 0.05) is 20.8 Å². The fourth-order valence-electron chi connectivity index (χ4n) is 0.415. The van der Waals surface area contributed by atoms with Gasteiger partial charge in [0.05, 0.1) is 6.54 Å². The maximum Gasteiger partial charge on any atom is 0.564 e. The highest BCUT2D eigenvalue weighted by Gasteiger charge is 2.35. The van der Waals surface area contributed by atoms with E-state index < -0.39 is 14.8 Å². The second-order valence-corrected chi connectivity index (χ2v) is 4.69. The number of hydrogen-bond acceptors (Lipinski definition) is 5. The van der Waals surface area contributed by atoms with Crippen LogP contribution in [0.2, 0.25) is 6.55 Å². The van der Waals surface area contributed by atoms with Gasteiger partial charge in [-0.15, -0.1) is 0 Å². The topological polar surface area (TPSA) is 70.8 Å². The lowest BCUT2D eigenvalue weighted by Crippen LogP contribution is -2.43. The number of carbonyl (C=O) groups is 1. The molecule has 0 fully saturated rings. The number of nitrogens with two attached hydrogens (primary N) is 1. The Morgan fingerprint density at radius 2 is 1.91 bits per heavy atom. The van der Waals surface area contributed by atoms with Crippen LogP contribution in [0.1, 0.15) is 0 Å². The standard InChI is InChI=1S/C5H13NO4Si/c1-8-11(3,9-2)10-5(7)4-6/h4,6H2,1-3H3. The van der Waals surface area contributed by atoms with E-state index in [4.69, 9.17) is 19.0 Å². The van der Waals surface area contributed by atoms with Gasteiger partial charge in [0.25, 0.3) is 0 Å². The molecule has 0 spiro atoms. The maximum absolute atomic E-state index is 10.7. The van der Waals surface area contributed by atoms with Crippen LogP contribution in [-0.2, 0) is 18.1 Å². The van der Waals surface area contributed by atoms with E-state index in [9.17, 15) is 4.79 Å². The predicted octanol–water partition coefficient (Wildman–Crippen LogP) is -0.650. The molecular weight excluding hydrogens is 166 g/mol. The van der Waals surface area contributed by atoms with E-state index in [2.05, 4.69) is 0 Å². The monoisotopic (exact) mass is 179 g/mol. The molecule has 11 heavy (non-hydrogen) atoms. The van der Waals surface area contributed by atoms with Crippen LogP contribution in [0.4, 0.5) is 0 Å². The second kappa shape index (κ2) is 4.45. The summed E-state index contributed by atoms with van der Waals surface area (Å²) in [6, 6.07) is 0. The van der Waals surface area contributed by atoms with Crippen molar-refractivity contribution in [1.82, 2.24) is 0 Å². The van der Waals surface area contributed by atoms with Gasteiger partial charge in [-0.3, -0.25) is 4.79 Å². The van der Waals surface area contributed by atoms with Crippen LogP contribution in [0.3, 0.4) is 0 Å². The average molecular weight is 179 g/mol. The zero-order chi connectivity index (χ0) is 8.91. The number of hydrogen-bond donors (Lipinski definition) is 1. The molecule has 0 aliphatic rings. The van der Waals surface area contributed by atoms with E-state index >= 15 is 0 Å². The summed E-state index contributed by atoms with van der Waals surface area (Å²) in [5.41, 5.74) is 5.03. The summed E-state index contributed by atoms with van der Waals surface area (Å²) in [7, 11) is 0.149. The highest BCUT2D eigenvalue weighted by molar-refractivity contribution is 6.60. The lowest BCUT2D eigenvalue weighted by atomic mass is 10.7. The fourth-order valence-corrected chi connectivity index (χ4v) is 1.25. The molecule has 0 bridgehead atoms. The van der Waals surface area contributed by atoms with E-state index in [-0.39, 0.29) is 6.54 Å². The third kappa shape index (κ3) is 3.47. The summed E-state index contributed by atoms with van der Waals surface area (Å²) in [4.78, 5) is 10.7. The molecule has 0 aromatic rings. The van der Waals surface area contributed by atoms with Crippen molar-refractivity contribution in [2.75, 3.05) is 20.8 Å². The van der Waals surface area contributed by atoms with Gasteiger partial charge in [-0.05, 0) is 0 Å². The molecule has 0 atom stereocenters. The molecule has 5 nitrogen and oxygen atoms in total. The number of rotatable bonds is 4. The van der Waals surface area contributed by atoms with Crippen molar-refractivity contribution in [3.8, 4) is 0 Å². The van der Waals surface area contributed by atoms with Crippen LogP contribution >= 0.6 is 0 Å². The SMILES string of the molecule is CO[Si](C)(OC)OC(=O)CN. The first-order valence-corrected chi connectivity index (χ1v) is 5.32. The normalized spacial score (nSPS) is 11.3. The molecule has 2 N–H and O–H groups in total. The highest BCUT2D eigenvalue weighted by Crippen LogP contribution is 2.05. The minimum absolute atomic E-state index is 0.157. The van der Waals surface area contributed by atoms with Gasteiger partial charge in [-0.25, -0.2) is 0 Å². The highest BCUT2D eigenvalue weighted by atomic mass is 28.4. The molecule has 0 amide bonds. The summed E-state index contributed by atoms with van der Waals surface area (Å²) in [6.07, 6.45) is 0. The first kappa shape index (κ1) is 10.6. The van der Waals surface area contributed by atoms with E-state index in [1.807, 2.05) is 0 Å². The van der Waals surface area contributed by atoms with Crippen molar-refractivity contribution in [1.29, 1.82) is 0 Å². The van der Waals surface area contributed by atoms with Crippen LogP contribution < -0.4 is 5.73 Å². The van der Waals surface area contributed by atoms with Gasteiger partial charge in [-0.2, -0.15) is 0 Å². The number of carbonyl (C=O) groups excluding carboxylic acids is 1. The van der Waals surface area contributed by atoms with Crippen LogP contribution in [0.25, 0.3) is 0 Å². The third-order valence-electron chi connectivity index (χ3n) is 1.21. The van der Waals surface area contributed by atoms with E-state index in [0.717, 1.165) is 0 Å². The Labute approximate surface area is 66.8 Å². The molecule has 0 saturated carbocycles. The van der Waals surface area contributed by atoms with Crippen LogP contribution in [-0.4, -0.2) is 35.5 Å². The second-order valence-electron chi connectivity index (χ2n) is 1.95. The van der Waals surface area contributed by atoms with E-state index in [1.165, 1.54) is 14.2 Å². The summed E-state index contributed by atoms with van der Waals surface area (Å²) >= 11 is 0. The quantitative estimate of drug-likeness (QED) is 0.581.